The Labute approximate surface area is 111 Å². The fourth-order valence-corrected chi connectivity index (χ4v) is 2.95. The van der Waals surface area contributed by atoms with E-state index in [0.29, 0.717) is 18.3 Å². The van der Waals surface area contributed by atoms with Gasteiger partial charge in [0, 0.05) is 17.5 Å². The number of nitrogens with one attached hydrogen (secondary N) is 1. The van der Waals surface area contributed by atoms with Gasteiger partial charge in [-0.2, -0.15) is 0 Å². The highest BCUT2D eigenvalue weighted by atomic mass is 32.1. The lowest BCUT2D eigenvalue weighted by Crippen LogP contribution is -2.23. The summed E-state index contributed by atoms with van der Waals surface area (Å²) in [5.74, 6) is -0.331. The predicted octanol–water partition coefficient (Wildman–Crippen LogP) is 1.74. The smallest absolute Gasteiger partial charge is 0.358 e. The number of carbonyl (C=O) groups is 1. The van der Waals surface area contributed by atoms with Crippen LogP contribution in [0.3, 0.4) is 0 Å². The lowest BCUT2D eigenvalue weighted by Gasteiger charge is -2.11. The van der Waals surface area contributed by atoms with Crippen LogP contribution >= 0.6 is 11.3 Å². The summed E-state index contributed by atoms with van der Waals surface area (Å²) in [5, 5.41) is 4.20. The third kappa shape index (κ3) is 3.00. The minimum absolute atomic E-state index is 0.331. The maximum Gasteiger partial charge on any atom is 0.358 e. The highest BCUT2D eigenvalue weighted by Gasteiger charge is 2.22. The van der Waals surface area contributed by atoms with Gasteiger partial charge < -0.3 is 15.0 Å². The summed E-state index contributed by atoms with van der Waals surface area (Å²) in [6.45, 7) is 6.20. The van der Waals surface area contributed by atoms with E-state index in [0.717, 1.165) is 29.5 Å². The first-order chi connectivity index (χ1) is 8.60. The molecule has 1 aromatic heterocycles. The maximum atomic E-state index is 11.7. The zero-order valence-electron chi connectivity index (χ0n) is 11.0. The molecule has 2 heterocycles. The van der Waals surface area contributed by atoms with E-state index < -0.39 is 0 Å². The van der Waals surface area contributed by atoms with Gasteiger partial charge in [-0.1, -0.05) is 0 Å². The van der Waals surface area contributed by atoms with E-state index in [2.05, 4.69) is 22.2 Å². The first-order valence-corrected chi connectivity index (χ1v) is 7.01. The Hall–Kier alpha value is -1.14. The van der Waals surface area contributed by atoms with Crippen LogP contribution in [0.2, 0.25) is 0 Å². The molecule has 2 rings (SSSR count). The van der Waals surface area contributed by atoms with Crippen molar-refractivity contribution in [3.05, 3.63) is 10.6 Å². The van der Waals surface area contributed by atoms with Gasteiger partial charge in [0.05, 0.1) is 6.61 Å². The van der Waals surface area contributed by atoms with E-state index in [1.807, 2.05) is 6.92 Å². The molecule has 0 aromatic carbocycles. The molecule has 6 heteroatoms. The molecule has 1 unspecified atom stereocenters. The fourth-order valence-electron chi connectivity index (χ4n) is 2.07. The lowest BCUT2D eigenvalue weighted by molar-refractivity contribution is 0.0519. The molecule has 1 aliphatic rings. The number of aryl methyl sites for hydroxylation is 1. The molecule has 1 aliphatic heterocycles. The number of likely N-dealkylation sites (tertiary alicyclic amines) is 1. The van der Waals surface area contributed by atoms with Crippen molar-refractivity contribution in [2.75, 3.05) is 32.1 Å². The van der Waals surface area contributed by atoms with E-state index in [4.69, 9.17) is 4.74 Å². The summed E-state index contributed by atoms with van der Waals surface area (Å²) in [7, 11) is 2.11. The number of hydrogen-bond acceptors (Lipinski definition) is 6. The highest BCUT2D eigenvalue weighted by Crippen LogP contribution is 2.24. The number of aromatic nitrogens is 1. The Kier molecular flexibility index (Phi) is 4.19. The number of anilines is 1. The summed E-state index contributed by atoms with van der Waals surface area (Å²) in [4.78, 5) is 19.2. The van der Waals surface area contributed by atoms with Crippen LogP contribution in [0.15, 0.2) is 0 Å². The van der Waals surface area contributed by atoms with E-state index in [1.54, 1.807) is 6.92 Å². The first kappa shape index (κ1) is 13.3. The van der Waals surface area contributed by atoms with Gasteiger partial charge in [-0.15, -0.1) is 11.3 Å². The van der Waals surface area contributed by atoms with Crippen LogP contribution in [0.1, 0.15) is 28.7 Å². The van der Waals surface area contributed by atoms with Crippen molar-refractivity contribution in [3.63, 3.8) is 0 Å². The largest absolute Gasteiger partial charge is 0.461 e. The molecule has 1 N–H and O–H groups in total. The van der Waals surface area contributed by atoms with Gasteiger partial charge in [0.25, 0.3) is 0 Å². The van der Waals surface area contributed by atoms with Crippen LogP contribution in [0.25, 0.3) is 0 Å². The molecule has 0 spiro atoms. The summed E-state index contributed by atoms with van der Waals surface area (Å²) in [6, 6.07) is 0.426. The van der Waals surface area contributed by atoms with Crippen molar-refractivity contribution in [1.82, 2.24) is 9.88 Å². The summed E-state index contributed by atoms with van der Waals surface area (Å²) in [5.41, 5.74) is 0.440. The third-order valence-electron chi connectivity index (χ3n) is 2.98. The number of likely N-dealkylation sites (N-methyl/N-ethyl adjacent to an activating group) is 1. The van der Waals surface area contributed by atoms with E-state index >= 15 is 0 Å². The molecule has 18 heavy (non-hydrogen) atoms. The molecule has 0 aliphatic carbocycles. The fraction of sp³-hybridized carbons (Fsp3) is 0.667. The Balaban J connectivity index is 2.02. The first-order valence-electron chi connectivity index (χ1n) is 6.19. The minimum Gasteiger partial charge on any atom is -0.461 e. The molecule has 1 saturated heterocycles. The molecule has 5 nitrogen and oxygen atoms in total. The summed E-state index contributed by atoms with van der Waals surface area (Å²) < 4.78 is 4.98. The van der Waals surface area contributed by atoms with Crippen LogP contribution in [-0.2, 0) is 4.74 Å². The van der Waals surface area contributed by atoms with Crippen LogP contribution in [-0.4, -0.2) is 48.6 Å². The van der Waals surface area contributed by atoms with Gasteiger partial charge in [0.1, 0.15) is 0 Å². The normalized spacial score (nSPS) is 20.1. The molecule has 0 saturated carbocycles. The minimum atomic E-state index is -0.331. The summed E-state index contributed by atoms with van der Waals surface area (Å²) >= 11 is 1.52. The molecule has 1 aromatic rings. The number of nitrogens with zero attached hydrogens (tertiary/aromatic N) is 2. The van der Waals surface area contributed by atoms with Crippen LogP contribution < -0.4 is 5.32 Å². The Morgan fingerprint density at radius 1 is 1.67 bits per heavy atom. The van der Waals surface area contributed by atoms with Gasteiger partial charge in [0.2, 0.25) is 0 Å². The number of hydrogen-bond donors (Lipinski definition) is 1. The van der Waals surface area contributed by atoms with Crippen molar-refractivity contribution in [2.24, 2.45) is 0 Å². The molecule has 0 amide bonds. The average molecular weight is 269 g/mol. The quantitative estimate of drug-likeness (QED) is 0.844. The highest BCUT2D eigenvalue weighted by molar-refractivity contribution is 7.15. The second kappa shape index (κ2) is 5.67. The van der Waals surface area contributed by atoms with Crippen LogP contribution in [0.4, 0.5) is 5.13 Å². The lowest BCUT2D eigenvalue weighted by atomic mass is 10.3. The van der Waals surface area contributed by atoms with Crippen LogP contribution in [0, 0.1) is 6.92 Å². The zero-order valence-corrected chi connectivity index (χ0v) is 11.8. The predicted molar refractivity (Wildman–Crippen MR) is 72.3 cm³/mol. The van der Waals surface area contributed by atoms with Crippen molar-refractivity contribution < 1.29 is 9.53 Å². The molecule has 100 valence electrons. The Bertz CT molecular complexity index is 433. The summed E-state index contributed by atoms with van der Waals surface area (Å²) in [6.07, 6.45) is 1.11. The van der Waals surface area contributed by atoms with E-state index in [-0.39, 0.29) is 5.97 Å². The number of ether oxygens (including phenoxy) is 1. The second-order valence-electron chi connectivity index (χ2n) is 4.54. The van der Waals surface area contributed by atoms with Crippen molar-refractivity contribution in [1.29, 1.82) is 0 Å². The van der Waals surface area contributed by atoms with Gasteiger partial charge in [-0.05, 0) is 33.9 Å². The van der Waals surface area contributed by atoms with Gasteiger partial charge in [0.15, 0.2) is 10.8 Å². The van der Waals surface area contributed by atoms with Crippen molar-refractivity contribution in [2.45, 2.75) is 26.3 Å². The number of thiazole rings is 1. The molecular weight excluding hydrogens is 250 g/mol. The third-order valence-corrected chi connectivity index (χ3v) is 3.89. The maximum absolute atomic E-state index is 11.7. The molecular formula is C12H19N3O2S. The number of carbonyl (C=O) groups excluding carboxylic acids is 1. The van der Waals surface area contributed by atoms with E-state index in [9.17, 15) is 4.79 Å². The van der Waals surface area contributed by atoms with Crippen molar-refractivity contribution >= 4 is 22.4 Å². The SMILES string of the molecule is CCOC(=O)c1nc(NC2CCN(C)C2)sc1C. The van der Waals surface area contributed by atoms with E-state index in [1.165, 1.54) is 11.3 Å². The van der Waals surface area contributed by atoms with Crippen LogP contribution in [0.5, 0.6) is 0 Å². The Morgan fingerprint density at radius 3 is 3.06 bits per heavy atom. The molecule has 0 bridgehead atoms. The molecule has 1 atom stereocenters. The number of rotatable bonds is 4. The van der Waals surface area contributed by atoms with Gasteiger partial charge in [-0.3, -0.25) is 0 Å². The van der Waals surface area contributed by atoms with Crippen molar-refractivity contribution in [3.8, 4) is 0 Å². The van der Waals surface area contributed by atoms with Gasteiger partial charge >= 0.3 is 5.97 Å². The average Bonchev–Trinajstić information content (AvgIpc) is 2.86. The number of esters is 1. The second-order valence-corrected chi connectivity index (χ2v) is 5.74. The molecule has 1 fully saturated rings. The standard InChI is InChI=1S/C12H19N3O2S/c1-4-17-11(16)10-8(2)18-12(14-10)13-9-5-6-15(3)7-9/h9H,4-7H2,1-3H3,(H,13,14). The zero-order chi connectivity index (χ0) is 13.1. The van der Waals surface area contributed by atoms with Gasteiger partial charge in [-0.25, -0.2) is 9.78 Å². The Morgan fingerprint density at radius 2 is 2.44 bits per heavy atom. The monoisotopic (exact) mass is 269 g/mol. The topological polar surface area (TPSA) is 54.5 Å². The molecule has 0 radical (unpaired) electrons.